The van der Waals surface area contributed by atoms with Gasteiger partial charge in [-0.2, -0.15) is 0 Å². The van der Waals surface area contributed by atoms with E-state index in [2.05, 4.69) is 22.5 Å². The SMILES string of the molecule is Cc1cc(NC(=O)C(=O)N2C[C@@H](C)CC[C@@H]2C2CCNC(=O)C2)cnc1N. The van der Waals surface area contributed by atoms with E-state index in [1.807, 2.05) is 0 Å². The molecule has 3 amide bonds. The monoisotopic (exact) mass is 373 g/mol. The Hall–Kier alpha value is -2.64. The lowest BCUT2D eigenvalue weighted by Crippen LogP contribution is -2.55. The molecule has 146 valence electrons. The number of carbonyl (C=O) groups is 3. The number of aromatic nitrogens is 1. The summed E-state index contributed by atoms with van der Waals surface area (Å²) in [4.78, 5) is 42.9. The van der Waals surface area contributed by atoms with Crippen LogP contribution in [0.4, 0.5) is 11.5 Å². The number of amides is 3. The molecule has 2 fully saturated rings. The Balaban J connectivity index is 1.73. The lowest BCUT2D eigenvalue weighted by Gasteiger charge is -2.43. The van der Waals surface area contributed by atoms with Gasteiger partial charge in [0.1, 0.15) is 5.82 Å². The second-order valence-electron chi connectivity index (χ2n) is 7.69. The molecule has 1 aromatic heterocycles. The van der Waals surface area contributed by atoms with Gasteiger partial charge >= 0.3 is 11.8 Å². The molecular formula is C19H27N5O3. The fraction of sp³-hybridized carbons (Fsp3) is 0.579. The van der Waals surface area contributed by atoms with Crippen LogP contribution < -0.4 is 16.4 Å². The van der Waals surface area contributed by atoms with Crippen molar-refractivity contribution in [2.24, 2.45) is 11.8 Å². The van der Waals surface area contributed by atoms with Crippen LogP contribution in [0.5, 0.6) is 0 Å². The van der Waals surface area contributed by atoms with Crippen LogP contribution in [0.1, 0.15) is 38.2 Å². The van der Waals surface area contributed by atoms with E-state index in [1.165, 1.54) is 6.20 Å². The maximum atomic E-state index is 12.9. The van der Waals surface area contributed by atoms with Crippen molar-refractivity contribution in [3.05, 3.63) is 17.8 Å². The highest BCUT2D eigenvalue weighted by atomic mass is 16.2. The van der Waals surface area contributed by atoms with E-state index in [4.69, 9.17) is 5.73 Å². The second-order valence-corrected chi connectivity index (χ2v) is 7.69. The summed E-state index contributed by atoms with van der Waals surface area (Å²) >= 11 is 0. The Morgan fingerprint density at radius 3 is 2.81 bits per heavy atom. The van der Waals surface area contributed by atoms with Gasteiger partial charge in [0, 0.05) is 25.6 Å². The summed E-state index contributed by atoms with van der Waals surface area (Å²) in [7, 11) is 0. The number of nitrogens with one attached hydrogen (secondary N) is 2. The molecule has 2 aliphatic rings. The molecule has 1 unspecified atom stereocenters. The molecule has 0 spiro atoms. The Labute approximate surface area is 158 Å². The number of anilines is 2. The minimum absolute atomic E-state index is 0.0187. The predicted octanol–water partition coefficient (Wildman–Crippen LogP) is 1.06. The van der Waals surface area contributed by atoms with Gasteiger partial charge in [0.25, 0.3) is 0 Å². The molecule has 8 nitrogen and oxygen atoms in total. The fourth-order valence-electron chi connectivity index (χ4n) is 4.00. The number of pyridine rings is 1. The molecule has 27 heavy (non-hydrogen) atoms. The average Bonchev–Trinajstić information content (AvgIpc) is 2.64. The summed E-state index contributed by atoms with van der Waals surface area (Å²) in [5.41, 5.74) is 6.87. The summed E-state index contributed by atoms with van der Waals surface area (Å²) in [5, 5.41) is 5.46. The molecule has 0 aromatic carbocycles. The van der Waals surface area contributed by atoms with E-state index in [-0.39, 0.29) is 17.9 Å². The molecule has 3 heterocycles. The molecule has 0 aliphatic carbocycles. The van der Waals surface area contributed by atoms with Crippen LogP contribution >= 0.6 is 0 Å². The molecule has 3 atom stereocenters. The van der Waals surface area contributed by atoms with Crippen molar-refractivity contribution in [1.29, 1.82) is 0 Å². The minimum Gasteiger partial charge on any atom is -0.383 e. The minimum atomic E-state index is -0.680. The van der Waals surface area contributed by atoms with Crippen molar-refractivity contribution in [2.45, 2.75) is 45.6 Å². The number of rotatable bonds is 2. The zero-order chi connectivity index (χ0) is 19.6. The average molecular weight is 373 g/mol. The van der Waals surface area contributed by atoms with Gasteiger partial charge in [-0.05, 0) is 49.7 Å². The van der Waals surface area contributed by atoms with E-state index in [9.17, 15) is 14.4 Å². The molecule has 0 bridgehead atoms. The van der Waals surface area contributed by atoms with Gasteiger partial charge < -0.3 is 21.3 Å². The van der Waals surface area contributed by atoms with Crippen LogP contribution in [0.2, 0.25) is 0 Å². The standard InChI is InChI=1S/C19H27N5O3/c1-11-3-4-15(13-5-6-21-16(25)8-13)24(10-11)19(27)18(26)23-14-7-12(2)17(20)22-9-14/h7,9,11,13,15H,3-6,8,10H2,1-2H3,(H2,20,22)(H,21,25)(H,23,26)/t11-,13?,15+/m0/s1. The van der Waals surface area contributed by atoms with E-state index in [0.717, 1.165) is 24.8 Å². The van der Waals surface area contributed by atoms with Crippen molar-refractivity contribution in [3.63, 3.8) is 0 Å². The number of piperidine rings is 2. The highest BCUT2D eigenvalue weighted by Crippen LogP contribution is 2.31. The maximum Gasteiger partial charge on any atom is 0.313 e. The molecule has 4 N–H and O–H groups in total. The first-order chi connectivity index (χ1) is 12.8. The third-order valence-electron chi connectivity index (χ3n) is 5.52. The fourth-order valence-corrected chi connectivity index (χ4v) is 4.00. The van der Waals surface area contributed by atoms with Crippen LogP contribution in [0.25, 0.3) is 0 Å². The van der Waals surface area contributed by atoms with E-state index >= 15 is 0 Å². The summed E-state index contributed by atoms with van der Waals surface area (Å²) in [6, 6.07) is 1.62. The van der Waals surface area contributed by atoms with Gasteiger partial charge in [-0.1, -0.05) is 6.92 Å². The summed E-state index contributed by atoms with van der Waals surface area (Å²) in [6.07, 6.45) is 4.49. The van der Waals surface area contributed by atoms with Crippen molar-refractivity contribution in [2.75, 3.05) is 24.1 Å². The summed E-state index contributed by atoms with van der Waals surface area (Å²) in [5.74, 6) is -0.392. The molecule has 3 rings (SSSR count). The zero-order valence-electron chi connectivity index (χ0n) is 15.8. The number of hydrogen-bond acceptors (Lipinski definition) is 5. The summed E-state index contributed by atoms with van der Waals surface area (Å²) < 4.78 is 0. The largest absolute Gasteiger partial charge is 0.383 e. The summed E-state index contributed by atoms with van der Waals surface area (Å²) in [6.45, 7) is 5.03. The molecule has 0 radical (unpaired) electrons. The Bertz CT molecular complexity index is 751. The first-order valence-corrected chi connectivity index (χ1v) is 9.46. The van der Waals surface area contributed by atoms with Crippen LogP contribution in [0, 0.1) is 18.8 Å². The van der Waals surface area contributed by atoms with Crippen molar-refractivity contribution >= 4 is 29.2 Å². The number of nitrogen functional groups attached to an aromatic ring is 1. The van der Waals surface area contributed by atoms with Crippen LogP contribution in [0.15, 0.2) is 12.3 Å². The first-order valence-electron chi connectivity index (χ1n) is 9.46. The highest BCUT2D eigenvalue weighted by molar-refractivity contribution is 6.39. The molecule has 2 saturated heterocycles. The normalized spacial score (nSPS) is 25.6. The second kappa shape index (κ2) is 7.94. The van der Waals surface area contributed by atoms with Crippen LogP contribution in [-0.2, 0) is 14.4 Å². The smallest absolute Gasteiger partial charge is 0.313 e. The quantitative estimate of drug-likeness (QED) is 0.670. The van der Waals surface area contributed by atoms with Gasteiger partial charge in [0.05, 0.1) is 11.9 Å². The zero-order valence-corrected chi connectivity index (χ0v) is 15.8. The maximum absolute atomic E-state index is 12.9. The Kier molecular flexibility index (Phi) is 5.62. The number of nitrogens with two attached hydrogens (primary N) is 1. The number of carbonyl (C=O) groups excluding carboxylic acids is 3. The van der Waals surface area contributed by atoms with E-state index < -0.39 is 11.8 Å². The van der Waals surface area contributed by atoms with Gasteiger partial charge in [0.2, 0.25) is 5.91 Å². The third kappa shape index (κ3) is 4.37. The van der Waals surface area contributed by atoms with Crippen LogP contribution in [0.3, 0.4) is 0 Å². The molecule has 2 aliphatic heterocycles. The van der Waals surface area contributed by atoms with Crippen molar-refractivity contribution in [3.8, 4) is 0 Å². The van der Waals surface area contributed by atoms with Gasteiger partial charge in [-0.25, -0.2) is 4.98 Å². The lowest BCUT2D eigenvalue weighted by atomic mass is 9.81. The predicted molar refractivity (Wildman–Crippen MR) is 102 cm³/mol. The van der Waals surface area contributed by atoms with Crippen molar-refractivity contribution < 1.29 is 14.4 Å². The first kappa shape index (κ1) is 19.1. The molecule has 1 aromatic rings. The van der Waals surface area contributed by atoms with Gasteiger partial charge in [-0.15, -0.1) is 0 Å². The van der Waals surface area contributed by atoms with Gasteiger partial charge in [-0.3, -0.25) is 14.4 Å². The number of likely N-dealkylation sites (tertiary alicyclic amines) is 1. The lowest BCUT2D eigenvalue weighted by molar-refractivity contribution is -0.148. The third-order valence-corrected chi connectivity index (χ3v) is 5.52. The number of aryl methyl sites for hydroxylation is 1. The molecule has 0 saturated carbocycles. The van der Waals surface area contributed by atoms with Crippen LogP contribution in [-0.4, -0.2) is 46.7 Å². The molecular weight excluding hydrogens is 346 g/mol. The Morgan fingerprint density at radius 2 is 2.11 bits per heavy atom. The highest BCUT2D eigenvalue weighted by Gasteiger charge is 2.39. The number of hydrogen-bond donors (Lipinski definition) is 3. The number of nitrogens with zero attached hydrogens (tertiary/aromatic N) is 2. The van der Waals surface area contributed by atoms with E-state index in [0.29, 0.717) is 36.9 Å². The van der Waals surface area contributed by atoms with Gasteiger partial charge in [0.15, 0.2) is 0 Å². The molecule has 8 heteroatoms. The topological polar surface area (TPSA) is 117 Å². The van der Waals surface area contributed by atoms with E-state index in [1.54, 1.807) is 17.9 Å². The Morgan fingerprint density at radius 1 is 1.33 bits per heavy atom. The van der Waals surface area contributed by atoms with Crippen molar-refractivity contribution in [1.82, 2.24) is 15.2 Å².